The van der Waals surface area contributed by atoms with Crippen LogP contribution in [0.4, 0.5) is 0 Å². The lowest BCUT2D eigenvalue weighted by Gasteiger charge is -2.11. The highest BCUT2D eigenvalue weighted by molar-refractivity contribution is 9.10. The van der Waals surface area contributed by atoms with Gasteiger partial charge in [0.15, 0.2) is 0 Å². The quantitative estimate of drug-likeness (QED) is 0.945. The zero-order chi connectivity index (χ0) is 14.0. The summed E-state index contributed by atoms with van der Waals surface area (Å²) in [6.07, 6.45) is 0. The van der Waals surface area contributed by atoms with Gasteiger partial charge in [0.05, 0.1) is 12.1 Å². The summed E-state index contributed by atoms with van der Waals surface area (Å²) in [5.74, 6) is -0.956. The average molecular weight is 322 g/mol. The molecule has 98 valence electrons. The highest BCUT2D eigenvalue weighted by Crippen LogP contribution is 2.14. The topological polar surface area (TPSA) is 59.3 Å². The third-order valence-corrected chi connectivity index (χ3v) is 3.77. The maximum Gasteiger partial charge on any atom is 0.335 e. The molecule has 0 saturated carbocycles. The van der Waals surface area contributed by atoms with E-state index in [-0.39, 0.29) is 11.1 Å². The fourth-order valence-electron chi connectivity index (χ4n) is 1.78. The first kappa shape index (κ1) is 13.5. The lowest BCUT2D eigenvalue weighted by molar-refractivity contribution is 0.0697. The van der Waals surface area contributed by atoms with E-state index in [2.05, 4.69) is 15.9 Å². The normalized spacial score (nSPS) is 10.4. The van der Waals surface area contributed by atoms with Crippen molar-refractivity contribution >= 4 is 21.9 Å². The summed E-state index contributed by atoms with van der Waals surface area (Å²) in [7, 11) is 0. The number of hydrogen-bond acceptors (Lipinski definition) is 2. The predicted octanol–water partition coefficient (Wildman–Crippen LogP) is 2.67. The molecule has 2 aromatic rings. The summed E-state index contributed by atoms with van der Waals surface area (Å²) in [5, 5.41) is 8.83. The van der Waals surface area contributed by atoms with E-state index in [0.717, 1.165) is 15.7 Å². The van der Waals surface area contributed by atoms with Crippen molar-refractivity contribution in [1.82, 2.24) is 4.57 Å². The van der Waals surface area contributed by atoms with Crippen molar-refractivity contribution in [2.24, 2.45) is 0 Å². The van der Waals surface area contributed by atoms with Crippen molar-refractivity contribution in [3.05, 3.63) is 68.0 Å². The number of aromatic carboxylic acids is 1. The van der Waals surface area contributed by atoms with Gasteiger partial charge in [0.25, 0.3) is 5.56 Å². The van der Waals surface area contributed by atoms with E-state index < -0.39 is 5.97 Å². The number of benzene rings is 1. The Hall–Kier alpha value is -1.88. The fraction of sp³-hybridized carbons (Fsp3) is 0.143. The van der Waals surface area contributed by atoms with Gasteiger partial charge >= 0.3 is 5.97 Å². The monoisotopic (exact) mass is 321 g/mol. The van der Waals surface area contributed by atoms with Crippen LogP contribution >= 0.6 is 15.9 Å². The zero-order valence-electron chi connectivity index (χ0n) is 10.3. The number of carbonyl (C=O) groups is 1. The third kappa shape index (κ3) is 2.93. The Balaban J connectivity index is 2.34. The summed E-state index contributed by atoms with van der Waals surface area (Å²) < 4.78 is 2.51. The van der Waals surface area contributed by atoms with Gasteiger partial charge in [-0.25, -0.2) is 4.79 Å². The molecular formula is C14H12BrNO3. The van der Waals surface area contributed by atoms with E-state index in [1.165, 1.54) is 18.2 Å². The number of nitrogens with zero attached hydrogens (tertiary/aromatic N) is 1. The van der Waals surface area contributed by atoms with Crippen LogP contribution in [0.1, 0.15) is 21.6 Å². The van der Waals surface area contributed by atoms with Crippen LogP contribution in [0.5, 0.6) is 0 Å². The largest absolute Gasteiger partial charge is 0.478 e. The molecule has 5 heteroatoms. The van der Waals surface area contributed by atoms with Crippen LogP contribution in [0.3, 0.4) is 0 Å². The molecule has 1 aromatic carbocycles. The lowest BCUT2D eigenvalue weighted by atomic mass is 10.1. The lowest BCUT2D eigenvalue weighted by Crippen LogP contribution is -2.22. The van der Waals surface area contributed by atoms with Crippen molar-refractivity contribution in [1.29, 1.82) is 0 Å². The summed E-state index contributed by atoms with van der Waals surface area (Å²) in [6, 6.07) is 9.74. The number of carboxylic acids is 1. The van der Waals surface area contributed by atoms with E-state index in [0.29, 0.717) is 6.54 Å². The molecule has 0 amide bonds. The number of aromatic nitrogens is 1. The summed E-state index contributed by atoms with van der Waals surface area (Å²) >= 11 is 3.39. The molecule has 0 spiro atoms. The van der Waals surface area contributed by atoms with Crippen molar-refractivity contribution in [2.45, 2.75) is 13.5 Å². The minimum atomic E-state index is -0.956. The van der Waals surface area contributed by atoms with Gasteiger partial charge in [-0.2, -0.15) is 0 Å². The second-order valence-corrected chi connectivity index (χ2v) is 5.05. The third-order valence-electron chi connectivity index (χ3n) is 2.93. The predicted molar refractivity (Wildman–Crippen MR) is 75.6 cm³/mol. The van der Waals surface area contributed by atoms with Crippen LogP contribution in [0.2, 0.25) is 0 Å². The number of carboxylic acid groups (broad SMARTS) is 1. The molecule has 1 aromatic heterocycles. The van der Waals surface area contributed by atoms with Gasteiger partial charge in [-0.3, -0.25) is 4.79 Å². The SMILES string of the molecule is Cc1c(Br)ccc(=O)n1Cc1ccc(C(=O)O)cc1. The summed E-state index contributed by atoms with van der Waals surface area (Å²) in [6.45, 7) is 2.28. The van der Waals surface area contributed by atoms with Gasteiger partial charge in [0.1, 0.15) is 0 Å². The first-order chi connectivity index (χ1) is 8.99. The number of hydrogen-bond donors (Lipinski definition) is 1. The molecule has 0 saturated heterocycles. The van der Waals surface area contributed by atoms with Crippen LogP contribution in [-0.4, -0.2) is 15.6 Å². The standard InChI is InChI=1S/C14H12BrNO3/c1-9-12(15)6-7-13(17)16(9)8-10-2-4-11(5-3-10)14(18)19/h2-7H,8H2,1H3,(H,18,19). The first-order valence-electron chi connectivity index (χ1n) is 5.67. The second kappa shape index (κ2) is 5.40. The zero-order valence-corrected chi connectivity index (χ0v) is 11.8. The number of rotatable bonds is 3. The molecule has 0 radical (unpaired) electrons. The first-order valence-corrected chi connectivity index (χ1v) is 6.46. The molecule has 0 unspecified atom stereocenters. The smallest absolute Gasteiger partial charge is 0.335 e. The van der Waals surface area contributed by atoms with Crippen molar-refractivity contribution in [3.63, 3.8) is 0 Å². The molecule has 0 aliphatic rings. The molecule has 0 aliphatic heterocycles. The minimum absolute atomic E-state index is 0.0805. The van der Waals surface area contributed by atoms with E-state index in [9.17, 15) is 9.59 Å². The molecule has 0 fully saturated rings. The number of pyridine rings is 1. The van der Waals surface area contributed by atoms with Crippen LogP contribution in [0, 0.1) is 6.92 Å². The van der Waals surface area contributed by atoms with Crippen molar-refractivity contribution in [2.75, 3.05) is 0 Å². The summed E-state index contributed by atoms with van der Waals surface area (Å²) in [5.41, 5.74) is 1.88. The minimum Gasteiger partial charge on any atom is -0.478 e. The van der Waals surface area contributed by atoms with Gasteiger partial charge in [-0.1, -0.05) is 12.1 Å². The molecule has 0 bridgehead atoms. The van der Waals surface area contributed by atoms with Crippen LogP contribution in [0.15, 0.2) is 45.7 Å². The van der Waals surface area contributed by atoms with Gasteiger partial charge in [-0.05, 0) is 46.6 Å². The Kier molecular flexibility index (Phi) is 3.85. The Bertz CT molecular complexity index is 674. The van der Waals surface area contributed by atoms with Gasteiger partial charge in [0, 0.05) is 16.2 Å². The second-order valence-electron chi connectivity index (χ2n) is 4.19. The molecule has 1 N–H and O–H groups in total. The van der Waals surface area contributed by atoms with E-state index in [1.54, 1.807) is 22.8 Å². The molecule has 2 rings (SSSR count). The van der Waals surface area contributed by atoms with E-state index in [4.69, 9.17) is 5.11 Å². The average Bonchev–Trinajstić information content (AvgIpc) is 2.40. The Labute approximate surface area is 118 Å². The summed E-state index contributed by atoms with van der Waals surface area (Å²) in [4.78, 5) is 22.6. The number of halogens is 1. The molecule has 4 nitrogen and oxygen atoms in total. The maximum absolute atomic E-state index is 11.8. The highest BCUT2D eigenvalue weighted by Gasteiger charge is 2.06. The van der Waals surface area contributed by atoms with Crippen molar-refractivity contribution < 1.29 is 9.90 Å². The van der Waals surface area contributed by atoms with Gasteiger partial charge < -0.3 is 9.67 Å². The van der Waals surface area contributed by atoms with Crippen LogP contribution in [-0.2, 0) is 6.54 Å². The van der Waals surface area contributed by atoms with E-state index in [1.807, 2.05) is 6.92 Å². The molecular weight excluding hydrogens is 310 g/mol. The molecule has 1 heterocycles. The Morgan fingerprint density at radius 1 is 1.21 bits per heavy atom. The van der Waals surface area contributed by atoms with Gasteiger partial charge in [0.2, 0.25) is 0 Å². The highest BCUT2D eigenvalue weighted by atomic mass is 79.9. The maximum atomic E-state index is 11.8. The molecule has 19 heavy (non-hydrogen) atoms. The Morgan fingerprint density at radius 2 is 1.84 bits per heavy atom. The Morgan fingerprint density at radius 3 is 2.42 bits per heavy atom. The fourth-order valence-corrected chi connectivity index (χ4v) is 2.13. The van der Waals surface area contributed by atoms with Crippen LogP contribution in [0.25, 0.3) is 0 Å². The van der Waals surface area contributed by atoms with Crippen molar-refractivity contribution in [3.8, 4) is 0 Å². The van der Waals surface area contributed by atoms with Crippen LogP contribution < -0.4 is 5.56 Å². The van der Waals surface area contributed by atoms with E-state index >= 15 is 0 Å². The van der Waals surface area contributed by atoms with Gasteiger partial charge in [-0.15, -0.1) is 0 Å². The molecule has 0 atom stereocenters. The molecule has 0 aliphatic carbocycles.